The maximum absolute atomic E-state index is 13.1. The van der Waals surface area contributed by atoms with E-state index in [1.807, 2.05) is 0 Å². The molecule has 0 bridgehead atoms. The molecule has 1 amide bonds. The lowest BCUT2D eigenvalue weighted by Gasteiger charge is -2.08. The number of nitrogens with one attached hydrogen (secondary N) is 2. The molecule has 0 radical (unpaired) electrons. The van der Waals surface area contributed by atoms with Crippen molar-refractivity contribution in [1.82, 2.24) is 10.0 Å². The lowest BCUT2D eigenvalue weighted by molar-refractivity contribution is -0.120. The van der Waals surface area contributed by atoms with Crippen LogP contribution < -0.4 is 10.0 Å². The number of sulfonamides is 1. The molecule has 0 saturated carbocycles. The monoisotopic (exact) mass is 318 g/mol. The maximum Gasteiger partial charge on any atom is 0.241 e. The van der Waals surface area contributed by atoms with E-state index in [0.29, 0.717) is 19.6 Å². The van der Waals surface area contributed by atoms with Crippen molar-refractivity contribution in [3.8, 4) is 0 Å². The highest BCUT2D eigenvalue weighted by atomic mass is 32.2. The standard InChI is InChI=1S/C13H19FN2O4S/c1-10-8-11(4-5-12(10)14)21(18,19)16-9-13(17)15-6-3-7-20-2/h4-5,8,16H,3,6-7,9H2,1-2H3,(H,15,17). The number of hydrogen-bond acceptors (Lipinski definition) is 4. The summed E-state index contributed by atoms with van der Waals surface area (Å²) in [4.78, 5) is 11.4. The van der Waals surface area contributed by atoms with Gasteiger partial charge in [0, 0.05) is 20.3 Å². The molecule has 2 N–H and O–H groups in total. The third-order valence-corrected chi connectivity index (χ3v) is 4.11. The minimum Gasteiger partial charge on any atom is -0.385 e. The Bertz CT molecular complexity index is 590. The number of amides is 1. The molecule has 0 saturated heterocycles. The third-order valence-electron chi connectivity index (χ3n) is 2.71. The van der Waals surface area contributed by atoms with Gasteiger partial charge in [-0.15, -0.1) is 0 Å². The van der Waals surface area contributed by atoms with Crippen molar-refractivity contribution in [3.63, 3.8) is 0 Å². The number of carbonyl (C=O) groups excluding carboxylic acids is 1. The first kappa shape index (κ1) is 17.5. The van der Waals surface area contributed by atoms with E-state index in [1.54, 1.807) is 7.11 Å². The van der Waals surface area contributed by atoms with Crippen molar-refractivity contribution < 1.29 is 22.3 Å². The molecule has 21 heavy (non-hydrogen) atoms. The molecule has 0 heterocycles. The molecule has 0 aliphatic rings. The lowest BCUT2D eigenvalue weighted by atomic mass is 10.2. The Morgan fingerprint density at radius 2 is 2.10 bits per heavy atom. The van der Waals surface area contributed by atoms with Gasteiger partial charge in [-0.3, -0.25) is 4.79 Å². The molecule has 118 valence electrons. The summed E-state index contributed by atoms with van der Waals surface area (Å²) in [6, 6.07) is 3.45. The predicted octanol–water partition coefficient (Wildman–Crippen LogP) is 0.565. The first-order chi connectivity index (χ1) is 9.86. The summed E-state index contributed by atoms with van der Waals surface area (Å²) >= 11 is 0. The second-order valence-corrected chi connectivity index (χ2v) is 6.20. The summed E-state index contributed by atoms with van der Waals surface area (Å²) in [5.74, 6) is -0.918. The molecule has 0 aliphatic heterocycles. The van der Waals surface area contributed by atoms with Gasteiger partial charge < -0.3 is 10.1 Å². The SMILES string of the molecule is COCCCNC(=O)CNS(=O)(=O)c1ccc(F)c(C)c1. The molecular weight excluding hydrogens is 299 g/mol. The minimum atomic E-state index is -3.83. The molecule has 0 fully saturated rings. The Morgan fingerprint density at radius 1 is 1.38 bits per heavy atom. The van der Waals surface area contributed by atoms with Crippen molar-refractivity contribution in [1.29, 1.82) is 0 Å². The van der Waals surface area contributed by atoms with Gasteiger partial charge >= 0.3 is 0 Å². The van der Waals surface area contributed by atoms with E-state index in [-0.39, 0.29) is 17.0 Å². The lowest BCUT2D eigenvalue weighted by Crippen LogP contribution is -2.37. The van der Waals surface area contributed by atoms with Crippen LogP contribution in [-0.4, -0.2) is 41.1 Å². The fraction of sp³-hybridized carbons (Fsp3) is 0.462. The van der Waals surface area contributed by atoms with Crippen LogP contribution in [0.5, 0.6) is 0 Å². The van der Waals surface area contributed by atoms with Crippen molar-refractivity contribution >= 4 is 15.9 Å². The summed E-state index contributed by atoms with van der Waals surface area (Å²) in [6.07, 6.45) is 0.645. The Kier molecular flexibility index (Phi) is 6.73. The zero-order valence-corrected chi connectivity index (χ0v) is 12.8. The van der Waals surface area contributed by atoms with Crippen LogP contribution in [0.2, 0.25) is 0 Å². The van der Waals surface area contributed by atoms with Gasteiger partial charge in [0.2, 0.25) is 15.9 Å². The fourth-order valence-corrected chi connectivity index (χ4v) is 2.60. The van der Waals surface area contributed by atoms with E-state index in [0.717, 1.165) is 12.1 Å². The number of carbonyl (C=O) groups is 1. The van der Waals surface area contributed by atoms with Gasteiger partial charge in [0.15, 0.2) is 0 Å². The molecule has 0 aliphatic carbocycles. The molecule has 0 atom stereocenters. The molecule has 0 spiro atoms. The number of hydrogen-bond donors (Lipinski definition) is 2. The zero-order chi connectivity index (χ0) is 15.9. The first-order valence-corrected chi connectivity index (χ1v) is 7.86. The summed E-state index contributed by atoms with van der Waals surface area (Å²) < 4.78 is 44.0. The van der Waals surface area contributed by atoms with Crippen LogP contribution in [0, 0.1) is 12.7 Å². The van der Waals surface area contributed by atoms with Gasteiger partial charge in [0.1, 0.15) is 5.82 Å². The van der Waals surface area contributed by atoms with Crippen LogP contribution in [0.25, 0.3) is 0 Å². The molecule has 0 aromatic heterocycles. The zero-order valence-electron chi connectivity index (χ0n) is 12.0. The van der Waals surface area contributed by atoms with Crippen molar-refractivity contribution in [2.24, 2.45) is 0 Å². The summed E-state index contributed by atoms with van der Waals surface area (Å²) in [5.41, 5.74) is 0.224. The second-order valence-electron chi connectivity index (χ2n) is 4.43. The van der Waals surface area contributed by atoms with Gasteiger partial charge in [0.05, 0.1) is 11.4 Å². The van der Waals surface area contributed by atoms with E-state index in [1.165, 1.54) is 13.0 Å². The smallest absolute Gasteiger partial charge is 0.241 e. The average Bonchev–Trinajstić information content (AvgIpc) is 2.44. The highest BCUT2D eigenvalue weighted by Gasteiger charge is 2.16. The van der Waals surface area contributed by atoms with Crippen molar-refractivity contribution in [2.75, 3.05) is 26.8 Å². The topological polar surface area (TPSA) is 84.5 Å². The number of ether oxygens (including phenoxy) is 1. The molecule has 8 heteroatoms. The van der Waals surface area contributed by atoms with Crippen molar-refractivity contribution in [3.05, 3.63) is 29.6 Å². The Labute approximate surface area is 123 Å². The highest BCUT2D eigenvalue weighted by molar-refractivity contribution is 7.89. The Balaban J connectivity index is 2.53. The van der Waals surface area contributed by atoms with Gasteiger partial charge in [-0.2, -0.15) is 0 Å². The average molecular weight is 318 g/mol. The molecule has 1 aromatic carbocycles. The van der Waals surface area contributed by atoms with Crippen LogP contribution in [0.1, 0.15) is 12.0 Å². The molecule has 1 aromatic rings. The Morgan fingerprint density at radius 3 is 2.71 bits per heavy atom. The van der Waals surface area contributed by atoms with Crippen LogP contribution >= 0.6 is 0 Å². The van der Waals surface area contributed by atoms with Gasteiger partial charge in [0.25, 0.3) is 0 Å². The quantitative estimate of drug-likeness (QED) is 0.686. The van der Waals surface area contributed by atoms with Gasteiger partial charge in [-0.1, -0.05) is 0 Å². The molecule has 0 unspecified atom stereocenters. The first-order valence-electron chi connectivity index (χ1n) is 6.38. The molecule has 6 nitrogen and oxygen atoms in total. The van der Waals surface area contributed by atoms with Gasteiger partial charge in [-0.05, 0) is 37.1 Å². The van der Waals surface area contributed by atoms with E-state index >= 15 is 0 Å². The maximum atomic E-state index is 13.1. The normalized spacial score (nSPS) is 11.4. The number of aryl methyl sites for hydroxylation is 1. The third kappa shape index (κ3) is 5.78. The molecule has 1 rings (SSSR count). The van der Waals surface area contributed by atoms with Crippen LogP contribution in [0.15, 0.2) is 23.1 Å². The largest absolute Gasteiger partial charge is 0.385 e. The molecular formula is C13H19FN2O4S. The van der Waals surface area contributed by atoms with E-state index in [2.05, 4.69) is 10.0 Å². The number of benzene rings is 1. The van der Waals surface area contributed by atoms with Crippen molar-refractivity contribution in [2.45, 2.75) is 18.2 Å². The summed E-state index contributed by atoms with van der Waals surface area (Å²) in [6.45, 7) is 2.02. The van der Waals surface area contributed by atoms with Crippen LogP contribution in [0.4, 0.5) is 4.39 Å². The van der Waals surface area contributed by atoms with Crippen LogP contribution in [0.3, 0.4) is 0 Å². The van der Waals surface area contributed by atoms with E-state index in [9.17, 15) is 17.6 Å². The number of halogens is 1. The second kappa shape index (κ2) is 8.06. The fourth-order valence-electron chi connectivity index (χ4n) is 1.54. The number of rotatable bonds is 8. The highest BCUT2D eigenvalue weighted by Crippen LogP contribution is 2.13. The van der Waals surface area contributed by atoms with Crippen LogP contribution in [-0.2, 0) is 19.6 Å². The van der Waals surface area contributed by atoms with E-state index in [4.69, 9.17) is 4.74 Å². The Hall–Kier alpha value is -1.51. The summed E-state index contributed by atoms with van der Waals surface area (Å²) in [7, 11) is -2.28. The van der Waals surface area contributed by atoms with E-state index < -0.39 is 21.7 Å². The summed E-state index contributed by atoms with van der Waals surface area (Å²) in [5, 5.41) is 2.56. The minimum absolute atomic E-state index is 0.0754. The number of methoxy groups -OCH3 is 1. The van der Waals surface area contributed by atoms with Gasteiger partial charge in [-0.25, -0.2) is 17.5 Å². The predicted molar refractivity (Wildman–Crippen MR) is 75.8 cm³/mol.